The lowest BCUT2D eigenvalue weighted by Gasteiger charge is -2.26. The summed E-state index contributed by atoms with van der Waals surface area (Å²) in [5.41, 5.74) is 3.82. The molecule has 0 bridgehead atoms. The molecular formula is C27H25F2N5O3S. The van der Waals surface area contributed by atoms with Crippen molar-refractivity contribution in [2.45, 2.75) is 11.4 Å². The van der Waals surface area contributed by atoms with Gasteiger partial charge in [0.15, 0.2) is 0 Å². The molecule has 4 aromatic rings. The largest absolute Gasteiger partial charge is 0.379 e. The van der Waals surface area contributed by atoms with Gasteiger partial charge in [0.05, 0.1) is 18.9 Å². The van der Waals surface area contributed by atoms with Crippen LogP contribution < -0.4 is 10.0 Å². The van der Waals surface area contributed by atoms with E-state index in [1.165, 1.54) is 24.0 Å². The molecule has 3 aromatic carbocycles. The van der Waals surface area contributed by atoms with E-state index in [9.17, 15) is 17.2 Å². The summed E-state index contributed by atoms with van der Waals surface area (Å²) in [5.74, 6) is -1.46. The van der Waals surface area contributed by atoms with Gasteiger partial charge in [-0.1, -0.05) is 24.3 Å². The van der Waals surface area contributed by atoms with Crippen molar-refractivity contribution in [2.24, 2.45) is 0 Å². The molecule has 1 aromatic heterocycles. The Balaban J connectivity index is 1.23. The van der Waals surface area contributed by atoms with Gasteiger partial charge in [0, 0.05) is 48.7 Å². The molecule has 2 N–H and O–H groups in total. The van der Waals surface area contributed by atoms with E-state index < -0.39 is 26.6 Å². The Morgan fingerprint density at radius 2 is 1.58 bits per heavy atom. The van der Waals surface area contributed by atoms with Crippen LogP contribution in [0.15, 0.2) is 84.0 Å². The highest BCUT2D eigenvalue weighted by Gasteiger charge is 2.19. The molecule has 8 nitrogen and oxygen atoms in total. The molecule has 0 spiro atoms. The van der Waals surface area contributed by atoms with E-state index in [0.717, 1.165) is 56.2 Å². The maximum Gasteiger partial charge on any atom is 0.264 e. The third-order valence-electron chi connectivity index (χ3n) is 6.02. The predicted octanol–water partition coefficient (Wildman–Crippen LogP) is 4.80. The lowest BCUT2D eigenvalue weighted by atomic mass is 10.1. The molecule has 0 amide bonds. The highest BCUT2D eigenvalue weighted by Crippen LogP contribution is 2.24. The van der Waals surface area contributed by atoms with Crippen LogP contribution in [-0.4, -0.2) is 49.6 Å². The first-order valence-corrected chi connectivity index (χ1v) is 13.4. The minimum atomic E-state index is -4.22. The molecule has 38 heavy (non-hydrogen) atoms. The Morgan fingerprint density at radius 3 is 2.29 bits per heavy atom. The topological polar surface area (TPSA) is 96.5 Å². The van der Waals surface area contributed by atoms with Crippen molar-refractivity contribution in [3.63, 3.8) is 0 Å². The van der Waals surface area contributed by atoms with E-state index in [4.69, 9.17) is 4.74 Å². The summed E-state index contributed by atoms with van der Waals surface area (Å²) >= 11 is 0. The van der Waals surface area contributed by atoms with Gasteiger partial charge in [0.1, 0.15) is 28.7 Å². The molecule has 0 unspecified atom stereocenters. The molecule has 2 heterocycles. The number of hydrogen-bond donors (Lipinski definition) is 2. The molecule has 196 valence electrons. The van der Waals surface area contributed by atoms with Crippen LogP contribution in [0.1, 0.15) is 5.56 Å². The summed E-state index contributed by atoms with van der Waals surface area (Å²) in [5, 5.41) is 3.17. The van der Waals surface area contributed by atoms with Gasteiger partial charge in [-0.05, 0) is 42.0 Å². The van der Waals surface area contributed by atoms with E-state index >= 15 is 0 Å². The zero-order valence-electron chi connectivity index (χ0n) is 20.3. The monoisotopic (exact) mass is 537 g/mol. The van der Waals surface area contributed by atoms with E-state index in [2.05, 4.69) is 37.0 Å². The maximum atomic E-state index is 13.9. The van der Waals surface area contributed by atoms with Crippen LogP contribution in [0.4, 0.5) is 26.0 Å². The molecule has 5 rings (SSSR count). The normalized spacial score (nSPS) is 14.3. The van der Waals surface area contributed by atoms with Crippen LogP contribution in [0.5, 0.6) is 0 Å². The van der Waals surface area contributed by atoms with Gasteiger partial charge in [-0.3, -0.25) is 9.62 Å². The molecule has 0 atom stereocenters. The lowest BCUT2D eigenvalue weighted by Crippen LogP contribution is -2.35. The Labute approximate surface area is 219 Å². The second kappa shape index (κ2) is 11.2. The van der Waals surface area contributed by atoms with Crippen molar-refractivity contribution in [1.82, 2.24) is 14.9 Å². The fourth-order valence-corrected chi connectivity index (χ4v) is 5.17. The van der Waals surface area contributed by atoms with Crippen LogP contribution in [0.2, 0.25) is 0 Å². The fourth-order valence-electron chi connectivity index (χ4n) is 4.05. The molecule has 0 radical (unpaired) electrons. The Bertz CT molecular complexity index is 1510. The molecule has 0 aliphatic carbocycles. The second-order valence-corrected chi connectivity index (χ2v) is 10.4. The number of nitrogens with zero attached hydrogens (tertiary/aromatic N) is 3. The number of sulfonamides is 1. The van der Waals surface area contributed by atoms with Gasteiger partial charge in [0.2, 0.25) is 0 Å². The molecule has 1 fully saturated rings. The molecule has 1 aliphatic heterocycles. The Kier molecular flexibility index (Phi) is 7.59. The summed E-state index contributed by atoms with van der Waals surface area (Å²) in [4.78, 5) is 10.4. The van der Waals surface area contributed by atoms with Gasteiger partial charge in [0.25, 0.3) is 10.0 Å². The Morgan fingerprint density at radius 1 is 0.868 bits per heavy atom. The van der Waals surface area contributed by atoms with E-state index in [0.29, 0.717) is 17.6 Å². The summed E-state index contributed by atoms with van der Waals surface area (Å²) in [6.45, 7) is 4.28. The maximum absolute atomic E-state index is 13.9. The number of hydrogen-bond acceptors (Lipinski definition) is 7. The van der Waals surface area contributed by atoms with Crippen LogP contribution in [0.3, 0.4) is 0 Å². The van der Waals surface area contributed by atoms with Gasteiger partial charge in [-0.15, -0.1) is 0 Å². The summed E-state index contributed by atoms with van der Waals surface area (Å²) in [6, 6.07) is 18.7. The fraction of sp³-hybridized carbons (Fsp3) is 0.185. The van der Waals surface area contributed by atoms with Crippen molar-refractivity contribution < 1.29 is 21.9 Å². The first kappa shape index (κ1) is 25.7. The molecular weight excluding hydrogens is 512 g/mol. The number of morpholine rings is 1. The minimum absolute atomic E-state index is 0.222. The quantitative estimate of drug-likeness (QED) is 0.333. The third kappa shape index (κ3) is 6.31. The number of ether oxygens (including phenoxy) is 1. The van der Waals surface area contributed by atoms with E-state index in [-0.39, 0.29) is 5.69 Å². The van der Waals surface area contributed by atoms with E-state index in [1.54, 1.807) is 12.1 Å². The van der Waals surface area contributed by atoms with E-state index in [1.807, 2.05) is 18.2 Å². The van der Waals surface area contributed by atoms with Crippen LogP contribution in [0, 0.1) is 11.6 Å². The standard InChI is InChI=1S/C27H25F2N5O3S/c28-21-5-10-26(24(29)15-21)38(35,36)33-23-8-6-22(7-9-23)32-27-16-25(30-18-31-27)20-3-1-19(2-4-20)17-34-11-13-37-14-12-34/h1-10,15-16,18,33H,11-14,17H2,(H,30,31,32). The first-order valence-electron chi connectivity index (χ1n) is 11.9. The number of nitrogens with one attached hydrogen (secondary N) is 2. The molecule has 1 saturated heterocycles. The van der Waals surface area contributed by atoms with Crippen molar-refractivity contribution in [3.05, 3.63) is 96.3 Å². The third-order valence-corrected chi connectivity index (χ3v) is 7.43. The average molecular weight is 538 g/mol. The number of rotatable bonds is 8. The van der Waals surface area contributed by atoms with Gasteiger partial charge >= 0.3 is 0 Å². The Hall–Kier alpha value is -3.93. The summed E-state index contributed by atoms with van der Waals surface area (Å²) < 4.78 is 59.7. The van der Waals surface area contributed by atoms with Crippen LogP contribution in [-0.2, 0) is 21.3 Å². The number of benzene rings is 3. The van der Waals surface area contributed by atoms with Gasteiger partial charge < -0.3 is 10.1 Å². The van der Waals surface area contributed by atoms with Crippen molar-refractivity contribution in [3.8, 4) is 11.3 Å². The highest BCUT2D eigenvalue weighted by atomic mass is 32.2. The zero-order chi connectivity index (χ0) is 26.5. The van der Waals surface area contributed by atoms with Crippen molar-refractivity contribution in [2.75, 3.05) is 36.3 Å². The minimum Gasteiger partial charge on any atom is -0.379 e. The smallest absolute Gasteiger partial charge is 0.264 e. The second-order valence-electron chi connectivity index (χ2n) is 8.76. The van der Waals surface area contributed by atoms with Crippen molar-refractivity contribution >= 4 is 27.2 Å². The molecule has 11 heteroatoms. The number of halogens is 2. The average Bonchev–Trinajstić information content (AvgIpc) is 2.91. The first-order chi connectivity index (χ1) is 18.4. The zero-order valence-corrected chi connectivity index (χ0v) is 21.1. The van der Waals surface area contributed by atoms with Crippen molar-refractivity contribution in [1.29, 1.82) is 0 Å². The summed E-state index contributed by atoms with van der Waals surface area (Å²) in [6.07, 6.45) is 1.47. The molecule has 0 saturated carbocycles. The highest BCUT2D eigenvalue weighted by molar-refractivity contribution is 7.92. The lowest BCUT2D eigenvalue weighted by molar-refractivity contribution is 0.0342. The van der Waals surface area contributed by atoms with Gasteiger partial charge in [-0.2, -0.15) is 0 Å². The van der Waals surface area contributed by atoms with Crippen LogP contribution in [0.25, 0.3) is 11.3 Å². The number of anilines is 3. The van der Waals surface area contributed by atoms with Gasteiger partial charge in [-0.25, -0.2) is 27.2 Å². The predicted molar refractivity (Wildman–Crippen MR) is 140 cm³/mol. The SMILES string of the molecule is O=S(=O)(Nc1ccc(Nc2cc(-c3ccc(CN4CCOCC4)cc3)ncn2)cc1)c1ccc(F)cc1F. The summed E-state index contributed by atoms with van der Waals surface area (Å²) in [7, 11) is -4.22. The molecule has 1 aliphatic rings. The van der Waals surface area contributed by atoms with Crippen LogP contribution >= 0.6 is 0 Å². The number of aromatic nitrogens is 2.